The van der Waals surface area contributed by atoms with Crippen LogP contribution in [-0.4, -0.2) is 48.9 Å². The van der Waals surface area contributed by atoms with Crippen molar-refractivity contribution in [3.8, 4) is 57.1 Å². The fourth-order valence-corrected chi connectivity index (χ4v) is 4.94. The molecule has 40 heavy (non-hydrogen) atoms. The van der Waals surface area contributed by atoms with E-state index in [2.05, 4.69) is 0 Å². The number of phenols is 4. The highest BCUT2D eigenvalue weighted by Gasteiger charge is 2.21. The summed E-state index contributed by atoms with van der Waals surface area (Å²) in [7, 11) is 6.30. The van der Waals surface area contributed by atoms with Gasteiger partial charge in [-0.1, -0.05) is 12.1 Å². The van der Waals surface area contributed by atoms with Crippen molar-refractivity contribution in [2.24, 2.45) is 0 Å². The Bertz CT molecular complexity index is 1380. The third-order valence-electron chi connectivity index (χ3n) is 6.88. The first-order valence-corrected chi connectivity index (χ1v) is 12.8. The molecule has 8 heteroatoms. The van der Waals surface area contributed by atoms with Gasteiger partial charge in [-0.25, -0.2) is 0 Å². The molecule has 4 rings (SSSR count). The van der Waals surface area contributed by atoms with E-state index >= 15 is 0 Å². The van der Waals surface area contributed by atoms with Gasteiger partial charge in [0.15, 0.2) is 23.0 Å². The van der Waals surface area contributed by atoms with E-state index in [1.54, 1.807) is 40.6 Å². The summed E-state index contributed by atoms with van der Waals surface area (Å²) in [4.78, 5) is 0. The minimum atomic E-state index is -0.171. The molecule has 210 valence electrons. The average Bonchev–Trinajstić information content (AvgIpc) is 2.94. The first kappa shape index (κ1) is 28.3. The van der Waals surface area contributed by atoms with E-state index in [-0.39, 0.29) is 23.0 Å². The smallest absolute Gasteiger partial charge is 0.160 e. The number of ether oxygens (including phenoxy) is 4. The molecule has 0 aliphatic carbocycles. The van der Waals surface area contributed by atoms with E-state index in [0.717, 1.165) is 11.1 Å². The highest BCUT2D eigenvalue weighted by Crippen LogP contribution is 2.45. The number of aryl methyl sites for hydroxylation is 4. The quantitative estimate of drug-likeness (QED) is 0.187. The van der Waals surface area contributed by atoms with Gasteiger partial charge in [0.25, 0.3) is 0 Å². The number of benzene rings is 4. The molecule has 0 saturated heterocycles. The zero-order valence-corrected chi connectivity index (χ0v) is 23.0. The van der Waals surface area contributed by atoms with Crippen LogP contribution >= 0.6 is 0 Å². The van der Waals surface area contributed by atoms with Crippen molar-refractivity contribution in [2.75, 3.05) is 28.4 Å². The van der Waals surface area contributed by atoms with Gasteiger partial charge in [-0.05, 0) is 84.3 Å². The van der Waals surface area contributed by atoms with Crippen molar-refractivity contribution in [1.29, 1.82) is 0 Å². The Morgan fingerprint density at radius 3 is 1.18 bits per heavy atom. The second-order valence-electron chi connectivity index (χ2n) is 9.38. The van der Waals surface area contributed by atoms with E-state index < -0.39 is 0 Å². The van der Waals surface area contributed by atoms with Crippen LogP contribution in [0.25, 0.3) is 11.1 Å². The summed E-state index contributed by atoms with van der Waals surface area (Å²) in [5.74, 6) is 1.93. The molecule has 0 amide bonds. The Morgan fingerprint density at radius 2 is 0.825 bits per heavy atom. The highest BCUT2D eigenvalue weighted by atomic mass is 16.5. The average molecular weight is 547 g/mol. The van der Waals surface area contributed by atoms with Gasteiger partial charge in [0, 0.05) is 23.3 Å². The van der Waals surface area contributed by atoms with Gasteiger partial charge < -0.3 is 39.4 Å². The van der Waals surface area contributed by atoms with Crippen LogP contribution in [0.4, 0.5) is 0 Å². The zero-order chi connectivity index (χ0) is 28.8. The Balaban J connectivity index is 1.70. The summed E-state index contributed by atoms with van der Waals surface area (Å²) in [6, 6.07) is 16.9. The monoisotopic (exact) mass is 546 g/mol. The number of hydrogen-bond acceptors (Lipinski definition) is 8. The van der Waals surface area contributed by atoms with Crippen molar-refractivity contribution in [2.45, 2.75) is 25.7 Å². The number of hydrogen-bond donors (Lipinski definition) is 4. The van der Waals surface area contributed by atoms with Crippen molar-refractivity contribution < 1.29 is 39.4 Å². The molecule has 4 aromatic rings. The molecule has 4 aromatic carbocycles. The summed E-state index contributed by atoms with van der Waals surface area (Å²) in [6.07, 6.45) is 2.02. The van der Waals surface area contributed by atoms with Gasteiger partial charge in [0.1, 0.15) is 23.0 Å². The summed E-state index contributed by atoms with van der Waals surface area (Å²) >= 11 is 0. The molecule has 0 aromatic heterocycles. The van der Waals surface area contributed by atoms with Gasteiger partial charge in [-0.15, -0.1) is 0 Å². The maximum Gasteiger partial charge on any atom is 0.160 e. The minimum absolute atomic E-state index is 0.0892. The SMILES string of the molecule is COc1ccc(CCc2cc(O)cc(O)c2-c2c(O)cc(O)cc2CCc2ccc(OC)c(OC)c2)cc1OC. The number of phenolic OH excluding ortho intramolecular Hbond substituents is 4. The Kier molecular flexibility index (Phi) is 8.79. The van der Waals surface area contributed by atoms with Gasteiger partial charge in [-0.3, -0.25) is 0 Å². The standard InChI is InChI=1S/C32H34O8/c1-37-27-11-7-19(13-29(27)39-3)5-9-21-15-23(33)17-25(35)31(21)32-22(16-24(34)18-26(32)36)10-6-20-8-12-28(38-2)30(14-20)40-4/h7-8,11-18,33-36H,5-6,9-10H2,1-4H3. The van der Waals surface area contributed by atoms with Crippen LogP contribution in [0.15, 0.2) is 60.7 Å². The molecule has 8 nitrogen and oxygen atoms in total. The molecule has 0 aliphatic rings. The van der Waals surface area contributed by atoms with Crippen molar-refractivity contribution >= 4 is 0 Å². The Morgan fingerprint density at radius 1 is 0.450 bits per heavy atom. The molecule has 0 saturated carbocycles. The number of rotatable bonds is 11. The molecular weight excluding hydrogens is 512 g/mol. The first-order valence-electron chi connectivity index (χ1n) is 12.8. The van der Waals surface area contributed by atoms with Crippen LogP contribution in [0.1, 0.15) is 22.3 Å². The lowest BCUT2D eigenvalue weighted by Gasteiger charge is -2.18. The molecule has 0 bridgehead atoms. The molecule has 4 N–H and O–H groups in total. The maximum atomic E-state index is 11.0. The minimum Gasteiger partial charge on any atom is -0.508 e. The van der Waals surface area contributed by atoms with E-state index in [4.69, 9.17) is 18.9 Å². The van der Waals surface area contributed by atoms with Crippen molar-refractivity contribution in [3.05, 3.63) is 82.9 Å². The normalized spacial score (nSPS) is 10.8. The van der Waals surface area contributed by atoms with Gasteiger partial charge in [0.05, 0.1) is 28.4 Å². The molecule has 0 fully saturated rings. The summed E-state index contributed by atoms with van der Waals surface area (Å²) in [6.45, 7) is 0. The van der Waals surface area contributed by atoms with Crippen molar-refractivity contribution in [3.63, 3.8) is 0 Å². The van der Waals surface area contributed by atoms with Gasteiger partial charge in [-0.2, -0.15) is 0 Å². The predicted octanol–water partition coefficient (Wildman–Crippen LogP) is 5.78. The lowest BCUT2D eigenvalue weighted by Crippen LogP contribution is -2.01. The maximum absolute atomic E-state index is 11.0. The Hall–Kier alpha value is -4.72. The van der Waals surface area contributed by atoms with Crippen LogP contribution < -0.4 is 18.9 Å². The largest absolute Gasteiger partial charge is 0.508 e. The van der Waals surface area contributed by atoms with E-state index in [1.807, 2.05) is 36.4 Å². The third kappa shape index (κ3) is 6.12. The topological polar surface area (TPSA) is 118 Å². The second kappa shape index (κ2) is 12.4. The molecule has 0 unspecified atom stereocenters. The van der Waals surface area contributed by atoms with Crippen LogP contribution in [0.5, 0.6) is 46.0 Å². The molecule has 0 heterocycles. The van der Waals surface area contributed by atoms with Gasteiger partial charge >= 0.3 is 0 Å². The fraction of sp³-hybridized carbons (Fsp3) is 0.250. The third-order valence-corrected chi connectivity index (χ3v) is 6.88. The number of aromatic hydroxyl groups is 4. The Labute approximate surface area is 233 Å². The second-order valence-corrected chi connectivity index (χ2v) is 9.38. The molecule has 0 radical (unpaired) electrons. The molecule has 0 spiro atoms. The van der Waals surface area contributed by atoms with E-state index in [9.17, 15) is 20.4 Å². The molecular formula is C32H34O8. The van der Waals surface area contributed by atoms with E-state index in [0.29, 0.717) is 70.9 Å². The lowest BCUT2D eigenvalue weighted by molar-refractivity contribution is 0.354. The summed E-state index contributed by atoms with van der Waals surface area (Å²) < 4.78 is 21.5. The molecule has 0 atom stereocenters. The summed E-state index contributed by atoms with van der Waals surface area (Å²) in [5.41, 5.74) is 4.02. The van der Waals surface area contributed by atoms with Crippen LogP contribution in [0, 0.1) is 0 Å². The van der Waals surface area contributed by atoms with Crippen LogP contribution in [0.2, 0.25) is 0 Å². The summed E-state index contributed by atoms with van der Waals surface area (Å²) in [5, 5.41) is 42.6. The fourth-order valence-electron chi connectivity index (χ4n) is 4.94. The highest BCUT2D eigenvalue weighted by molar-refractivity contribution is 5.82. The van der Waals surface area contributed by atoms with Crippen molar-refractivity contribution in [1.82, 2.24) is 0 Å². The number of methoxy groups -OCH3 is 4. The predicted molar refractivity (Wildman–Crippen MR) is 152 cm³/mol. The van der Waals surface area contributed by atoms with E-state index in [1.165, 1.54) is 12.1 Å². The first-order chi connectivity index (χ1) is 19.3. The van der Waals surface area contributed by atoms with Crippen LogP contribution in [0.3, 0.4) is 0 Å². The lowest BCUT2D eigenvalue weighted by atomic mass is 9.88. The molecule has 0 aliphatic heterocycles. The van der Waals surface area contributed by atoms with Gasteiger partial charge in [0.2, 0.25) is 0 Å². The van der Waals surface area contributed by atoms with Crippen LogP contribution in [-0.2, 0) is 25.7 Å². The zero-order valence-electron chi connectivity index (χ0n) is 23.0.